The van der Waals surface area contributed by atoms with E-state index in [2.05, 4.69) is 0 Å². The number of Topliss-reactive ketones (excluding diaryl/α,β-unsaturated/α-hetero) is 1. The molecule has 1 aliphatic carbocycles. The van der Waals surface area contributed by atoms with Crippen LogP contribution in [-0.2, 0) is 4.79 Å². The van der Waals surface area contributed by atoms with E-state index in [1.807, 2.05) is 0 Å². The Labute approximate surface area is 182 Å². The number of thioether (sulfide) groups is 1. The number of halogens is 17. The number of hydrogen-bond donors (Lipinski definition) is 0. The van der Waals surface area contributed by atoms with E-state index >= 15 is 0 Å². The van der Waals surface area contributed by atoms with Gasteiger partial charge in [0.25, 0.3) is 0 Å². The first-order valence-electron chi connectivity index (χ1n) is 8.57. The van der Waals surface area contributed by atoms with Gasteiger partial charge < -0.3 is 0 Å². The molecule has 19 heteroatoms. The molecule has 1 atom stereocenters. The van der Waals surface area contributed by atoms with Crippen molar-refractivity contribution in [3.05, 3.63) is 0 Å². The van der Waals surface area contributed by atoms with Crippen LogP contribution in [0.25, 0.3) is 0 Å². The van der Waals surface area contributed by atoms with Crippen molar-refractivity contribution in [2.24, 2.45) is 0 Å². The van der Waals surface area contributed by atoms with Crippen molar-refractivity contribution >= 4 is 17.5 Å². The van der Waals surface area contributed by atoms with E-state index < -0.39 is 65.1 Å². The number of alkyl halides is 17. The Morgan fingerprint density at radius 3 is 1.35 bits per heavy atom. The average molecular weight is 562 g/mol. The lowest BCUT2D eigenvalue weighted by Crippen LogP contribution is -2.74. The zero-order valence-corrected chi connectivity index (χ0v) is 16.7. The van der Waals surface area contributed by atoms with E-state index in [1.165, 1.54) is 0 Å². The van der Waals surface area contributed by atoms with Gasteiger partial charge >= 0.3 is 47.6 Å². The zero-order valence-electron chi connectivity index (χ0n) is 15.9. The maximum atomic E-state index is 13.7. The van der Waals surface area contributed by atoms with Gasteiger partial charge in [-0.1, -0.05) is 0 Å². The minimum absolute atomic E-state index is 0.0361. The summed E-state index contributed by atoms with van der Waals surface area (Å²) in [5, 5.41) is -0.772. The Morgan fingerprint density at radius 2 is 1.00 bits per heavy atom. The van der Waals surface area contributed by atoms with Crippen LogP contribution in [-0.4, -0.2) is 64.4 Å². The highest BCUT2D eigenvalue weighted by Gasteiger charge is 2.95. The number of ketones is 1. The van der Waals surface area contributed by atoms with Crippen LogP contribution in [0.2, 0.25) is 0 Å². The normalized spacial score (nSPS) is 20.3. The Hall–Kier alpha value is -1.17. The summed E-state index contributed by atoms with van der Waals surface area (Å²) in [6, 6.07) is 0. The molecule has 0 aromatic rings. The standard InChI is InChI=1S/C15H11F17OS/c16-8(17,3-4-34-7-2-1-6(33)5-7)9(18,19)10(20,21)11(22,23)12(24,25)13(26,27)14(28,29)15(30,31)32/h7H,1-5H2. The minimum atomic E-state index is -8.61. The van der Waals surface area contributed by atoms with Gasteiger partial charge in [-0.2, -0.15) is 86.4 Å². The molecule has 1 aliphatic rings. The molecule has 1 fully saturated rings. The van der Waals surface area contributed by atoms with Crippen LogP contribution < -0.4 is 0 Å². The maximum absolute atomic E-state index is 13.7. The van der Waals surface area contributed by atoms with Crippen molar-refractivity contribution < 1.29 is 79.4 Å². The number of rotatable bonds is 10. The SMILES string of the molecule is O=C1CCC(SCCC(F)(F)C(F)(F)C(F)(F)C(F)(F)C(F)(F)C(F)(F)C(F)(F)C(F)(F)F)C1. The predicted octanol–water partition coefficient (Wildman–Crippen LogP) is 7.24. The van der Waals surface area contributed by atoms with Crippen molar-refractivity contribution in [1.82, 2.24) is 0 Å². The van der Waals surface area contributed by atoms with Crippen molar-refractivity contribution in [1.29, 1.82) is 0 Å². The van der Waals surface area contributed by atoms with E-state index in [9.17, 15) is 79.4 Å². The Bertz CT molecular complexity index is 757. The van der Waals surface area contributed by atoms with Gasteiger partial charge in [-0.3, -0.25) is 4.79 Å². The predicted molar refractivity (Wildman–Crippen MR) is 80.4 cm³/mol. The van der Waals surface area contributed by atoms with E-state index in [1.54, 1.807) is 0 Å². The quantitative estimate of drug-likeness (QED) is 0.261. The van der Waals surface area contributed by atoms with Crippen molar-refractivity contribution in [3.8, 4) is 0 Å². The van der Waals surface area contributed by atoms with Crippen LogP contribution in [0.1, 0.15) is 25.7 Å². The molecule has 0 N–H and O–H groups in total. The lowest BCUT2D eigenvalue weighted by Gasteiger charge is -2.42. The molecule has 0 heterocycles. The van der Waals surface area contributed by atoms with Crippen LogP contribution in [0, 0.1) is 0 Å². The van der Waals surface area contributed by atoms with Gasteiger partial charge in [0.05, 0.1) is 0 Å². The molecule has 1 saturated carbocycles. The first-order valence-corrected chi connectivity index (χ1v) is 9.62. The van der Waals surface area contributed by atoms with E-state index in [-0.39, 0.29) is 25.0 Å². The lowest BCUT2D eigenvalue weighted by atomic mass is 9.88. The van der Waals surface area contributed by atoms with Crippen LogP contribution in [0.15, 0.2) is 0 Å². The Kier molecular flexibility index (Phi) is 7.93. The summed E-state index contributed by atoms with van der Waals surface area (Å²) in [6.07, 6.45) is -10.5. The second kappa shape index (κ2) is 8.74. The average Bonchev–Trinajstić information content (AvgIpc) is 3.04. The summed E-state index contributed by atoms with van der Waals surface area (Å²) in [5.74, 6) is -57.7. The smallest absolute Gasteiger partial charge is 0.300 e. The molecule has 0 bridgehead atoms. The Balaban J connectivity index is 3.29. The molecular weight excluding hydrogens is 551 g/mol. The fourth-order valence-corrected chi connectivity index (χ4v) is 3.93. The minimum Gasteiger partial charge on any atom is -0.300 e. The number of carbonyl (C=O) groups is 1. The lowest BCUT2D eigenvalue weighted by molar-refractivity contribution is -0.461. The monoisotopic (exact) mass is 562 g/mol. The Morgan fingerprint density at radius 1 is 0.618 bits per heavy atom. The van der Waals surface area contributed by atoms with Gasteiger partial charge in [0.15, 0.2) is 0 Å². The highest BCUT2D eigenvalue weighted by atomic mass is 32.2. The van der Waals surface area contributed by atoms with Crippen molar-refractivity contribution in [2.45, 2.75) is 78.6 Å². The van der Waals surface area contributed by atoms with Gasteiger partial charge in [0, 0.05) is 24.5 Å². The first-order chi connectivity index (χ1) is 14.7. The fraction of sp³-hybridized carbons (Fsp3) is 0.933. The van der Waals surface area contributed by atoms with E-state index in [0.29, 0.717) is 11.8 Å². The molecule has 0 aromatic carbocycles. The summed E-state index contributed by atoms with van der Waals surface area (Å²) >= 11 is 0.306. The summed E-state index contributed by atoms with van der Waals surface area (Å²) in [7, 11) is 0. The molecule has 0 radical (unpaired) electrons. The third-order valence-electron chi connectivity index (χ3n) is 4.76. The van der Waals surface area contributed by atoms with E-state index in [4.69, 9.17) is 0 Å². The van der Waals surface area contributed by atoms with Crippen LogP contribution in [0.5, 0.6) is 0 Å². The molecule has 0 amide bonds. The van der Waals surface area contributed by atoms with Crippen LogP contribution in [0.4, 0.5) is 74.6 Å². The highest BCUT2D eigenvalue weighted by molar-refractivity contribution is 7.99. The second-order valence-electron chi connectivity index (χ2n) is 7.17. The van der Waals surface area contributed by atoms with Gasteiger partial charge in [-0.25, -0.2) is 0 Å². The molecular formula is C15H11F17OS. The van der Waals surface area contributed by atoms with Crippen molar-refractivity contribution in [3.63, 3.8) is 0 Å². The van der Waals surface area contributed by atoms with Crippen LogP contribution >= 0.6 is 11.8 Å². The van der Waals surface area contributed by atoms with Gasteiger partial charge in [0.2, 0.25) is 0 Å². The topological polar surface area (TPSA) is 17.1 Å². The van der Waals surface area contributed by atoms with Gasteiger partial charge in [-0.15, -0.1) is 0 Å². The third-order valence-corrected chi connectivity index (χ3v) is 6.07. The molecule has 1 nitrogen and oxygen atoms in total. The fourth-order valence-electron chi connectivity index (χ4n) is 2.63. The van der Waals surface area contributed by atoms with Gasteiger partial charge in [-0.05, 0) is 12.2 Å². The number of carbonyl (C=O) groups excluding carboxylic acids is 1. The summed E-state index contributed by atoms with van der Waals surface area (Å²) in [6.45, 7) is 0. The summed E-state index contributed by atoms with van der Waals surface area (Å²) < 4.78 is 223. The molecule has 1 rings (SSSR count). The summed E-state index contributed by atoms with van der Waals surface area (Å²) in [5.41, 5.74) is 0. The molecule has 0 saturated heterocycles. The highest BCUT2D eigenvalue weighted by Crippen LogP contribution is 2.64. The third kappa shape index (κ3) is 4.53. The largest absolute Gasteiger partial charge is 0.460 e. The summed E-state index contributed by atoms with van der Waals surface area (Å²) in [4.78, 5) is 11.0. The van der Waals surface area contributed by atoms with Gasteiger partial charge in [0.1, 0.15) is 5.78 Å². The van der Waals surface area contributed by atoms with E-state index in [0.717, 1.165) is 0 Å². The molecule has 34 heavy (non-hydrogen) atoms. The molecule has 1 unspecified atom stereocenters. The number of hydrogen-bond acceptors (Lipinski definition) is 2. The molecule has 202 valence electrons. The zero-order chi connectivity index (χ0) is 27.4. The second-order valence-corrected chi connectivity index (χ2v) is 8.58. The molecule has 0 aromatic heterocycles. The molecule has 0 spiro atoms. The first kappa shape index (κ1) is 30.9. The van der Waals surface area contributed by atoms with Crippen LogP contribution in [0.3, 0.4) is 0 Å². The molecule has 0 aliphatic heterocycles. The van der Waals surface area contributed by atoms with Crippen molar-refractivity contribution in [2.75, 3.05) is 5.75 Å². The maximum Gasteiger partial charge on any atom is 0.460 e.